The van der Waals surface area contributed by atoms with Gasteiger partial charge < -0.3 is 4.74 Å². The van der Waals surface area contributed by atoms with Gasteiger partial charge in [0.2, 0.25) is 5.88 Å². The quantitative estimate of drug-likeness (QED) is 0.735. The molecule has 2 rings (SSSR count). The maximum atomic E-state index is 11.1. The first-order valence-corrected chi connectivity index (χ1v) is 5.01. The average molecular weight is 206 g/mol. The molecule has 0 aliphatic carbocycles. The van der Waals surface area contributed by atoms with Crippen molar-refractivity contribution in [2.45, 2.75) is 13.0 Å². The van der Waals surface area contributed by atoms with Crippen molar-refractivity contribution in [1.29, 1.82) is 0 Å². The summed E-state index contributed by atoms with van der Waals surface area (Å²) >= 11 is 0. The van der Waals surface area contributed by atoms with Crippen LogP contribution in [0.2, 0.25) is 0 Å². The fraction of sp³-hybridized carbons (Fsp3) is 0.455. The molecular formula is C11H14N2O2. The van der Waals surface area contributed by atoms with E-state index in [0.717, 1.165) is 18.7 Å². The number of hydrogen-bond acceptors (Lipinski definition) is 4. The third kappa shape index (κ3) is 2.33. The molecule has 1 saturated heterocycles. The lowest BCUT2D eigenvalue weighted by atomic mass is 10.2. The van der Waals surface area contributed by atoms with Gasteiger partial charge in [0.05, 0.1) is 13.7 Å². The standard InChI is InChI=1S/C11H14N2O2/c1-15-11-9(3-2-5-12-11)7-13-6-4-10(14)8-13/h2-3,5H,4,6-8H2,1H3. The minimum absolute atomic E-state index is 0.317. The van der Waals surface area contributed by atoms with E-state index in [2.05, 4.69) is 9.88 Å². The Balaban J connectivity index is 2.07. The highest BCUT2D eigenvalue weighted by Crippen LogP contribution is 2.17. The Hall–Kier alpha value is -1.42. The number of methoxy groups -OCH3 is 1. The van der Waals surface area contributed by atoms with Crippen LogP contribution in [0.25, 0.3) is 0 Å². The van der Waals surface area contributed by atoms with Gasteiger partial charge in [0.25, 0.3) is 0 Å². The van der Waals surface area contributed by atoms with Crippen molar-refractivity contribution in [2.24, 2.45) is 0 Å². The number of ketones is 1. The Kier molecular flexibility index (Phi) is 2.97. The van der Waals surface area contributed by atoms with Crippen molar-refractivity contribution < 1.29 is 9.53 Å². The molecule has 1 fully saturated rings. The first-order chi connectivity index (χ1) is 7.29. The molecule has 0 atom stereocenters. The molecule has 1 aromatic rings. The Morgan fingerprint density at radius 2 is 2.47 bits per heavy atom. The number of carbonyl (C=O) groups excluding carboxylic acids is 1. The smallest absolute Gasteiger partial charge is 0.217 e. The van der Waals surface area contributed by atoms with Crippen LogP contribution >= 0.6 is 0 Å². The Labute approximate surface area is 88.9 Å². The van der Waals surface area contributed by atoms with Crippen molar-refractivity contribution in [3.8, 4) is 5.88 Å². The molecule has 2 heterocycles. The molecular weight excluding hydrogens is 192 g/mol. The van der Waals surface area contributed by atoms with Gasteiger partial charge in [-0.25, -0.2) is 4.98 Å². The second-order valence-electron chi connectivity index (χ2n) is 3.67. The van der Waals surface area contributed by atoms with Crippen molar-refractivity contribution in [3.05, 3.63) is 23.9 Å². The van der Waals surface area contributed by atoms with Crippen LogP contribution in [0.15, 0.2) is 18.3 Å². The monoisotopic (exact) mass is 206 g/mol. The molecule has 0 bridgehead atoms. The molecule has 4 nitrogen and oxygen atoms in total. The number of aromatic nitrogens is 1. The molecule has 80 valence electrons. The highest BCUT2D eigenvalue weighted by molar-refractivity contribution is 5.82. The zero-order chi connectivity index (χ0) is 10.7. The summed E-state index contributed by atoms with van der Waals surface area (Å²) in [5, 5.41) is 0. The third-order valence-electron chi connectivity index (χ3n) is 2.54. The number of ether oxygens (including phenoxy) is 1. The SMILES string of the molecule is COc1ncccc1CN1CCC(=O)C1. The number of hydrogen-bond donors (Lipinski definition) is 0. The molecule has 1 aliphatic heterocycles. The molecule has 4 heteroatoms. The number of Topliss-reactive ketones (excluding diaryl/α,β-unsaturated/α-hetero) is 1. The molecule has 0 aromatic carbocycles. The van der Waals surface area contributed by atoms with E-state index in [4.69, 9.17) is 4.74 Å². The fourth-order valence-corrected chi connectivity index (χ4v) is 1.79. The number of carbonyl (C=O) groups is 1. The van der Waals surface area contributed by atoms with E-state index in [1.165, 1.54) is 0 Å². The average Bonchev–Trinajstić information content (AvgIpc) is 2.65. The summed E-state index contributed by atoms with van der Waals surface area (Å²) in [5.74, 6) is 0.967. The second kappa shape index (κ2) is 4.40. The summed E-state index contributed by atoms with van der Waals surface area (Å²) < 4.78 is 5.16. The van der Waals surface area contributed by atoms with Crippen LogP contribution < -0.4 is 4.74 Å². The minimum Gasteiger partial charge on any atom is -0.481 e. The van der Waals surface area contributed by atoms with Crippen LogP contribution in [0.4, 0.5) is 0 Å². The van der Waals surface area contributed by atoms with Crippen molar-refractivity contribution in [3.63, 3.8) is 0 Å². The van der Waals surface area contributed by atoms with Crippen molar-refractivity contribution in [1.82, 2.24) is 9.88 Å². The summed E-state index contributed by atoms with van der Waals surface area (Å²) in [6, 6.07) is 3.87. The Morgan fingerprint density at radius 1 is 1.60 bits per heavy atom. The van der Waals surface area contributed by atoms with Crippen LogP contribution in [0.5, 0.6) is 5.88 Å². The van der Waals surface area contributed by atoms with Crippen molar-refractivity contribution in [2.75, 3.05) is 20.2 Å². The van der Waals surface area contributed by atoms with E-state index < -0.39 is 0 Å². The van der Waals surface area contributed by atoms with E-state index in [9.17, 15) is 4.79 Å². The first-order valence-electron chi connectivity index (χ1n) is 5.01. The summed E-state index contributed by atoms with van der Waals surface area (Å²) in [6.07, 6.45) is 2.38. The molecule has 0 unspecified atom stereocenters. The highest BCUT2D eigenvalue weighted by Gasteiger charge is 2.20. The van der Waals surface area contributed by atoms with Crippen LogP contribution in [-0.4, -0.2) is 35.9 Å². The number of likely N-dealkylation sites (tertiary alicyclic amines) is 1. The predicted octanol–water partition coefficient (Wildman–Crippen LogP) is 0.865. The van der Waals surface area contributed by atoms with Gasteiger partial charge in [-0.1, -0.05) is 6.07 Å². The van der Waals surface area contributed by atoms with E-state index in [1.54, 1.807) is 13.3 Å². The van der Waals surface area contributed by atoms with Gasteiger partial charge >= 0.3 is 0 Å². The maximum absolute atomic E-state index is 11.1. The molecule has 1 aliphatic rings. The molecule has 0 spiro atoms. The summed E-state index contributed by atoms with van der Waals surface area (Å²) in [6.45, 7) is 2.14. The maximum Gasteiger partial charge on any atom is 0.217 e. The fourth-order valence-electron chi connectivity index (χ4n) is 1.79. The first kappa shape index (κ1) is 10.1. The molecule has 0 radical (unpaired) electrons. The lowest BCUT2D eigenvalue weighted by Gasteiger charge is -2.14. The van der Waals surface area contributed by atoms with E-state index in [1.807, 2.05) is 12.1 Å². The van der Waals surface area contributed by atoms with Crippen LogP contribution in [0.3, 0.4) is 0 Å². The molecule has 0 amide bonds. The van der Waals surface area contributed by atoms with Gasteiger partial charge in [0.1, 0.15) is 5.78 Å². The molecule has 1 aromatic heterocycles. The number of pyridine rings is 1. The van der Waals surface area contributed by atoms with Gasteiger partial charge in [-0.3, -0.25) is 9.69 Å². The van der Waals surface area contributed by atoms with E-state index >= 15 is 0 Å². The van der Waals surface area contributed by atoms with Gasteiger partial charge in [-0.05, 0) is 6.07 Å². The molecule has 0 saturated carbocycles. The van der Waals surface area contributed by atoms with Crippen LogP contribution in [0, 0.1) is 0 Å². The lowest BCUT2D eigenvalue weighted by molar-refractivity contribution is -0.116. The largest absolute Gasteiger partial charge is 0.481 e. The number of nitrogens with zero attached hydrogens (tertiary/aromatic N) is 2. The summed E-state index contributed by atoms with van der Waals surface area (Å²) in [4.78, 5) is 17.3. The Morgan fingerprint density at radius 3 is 3.13 bits per heavy atom. The van der Waals surface area contributed by atoms with Crippen molar-refractivity contribution >= 4 is 5.78 Å². The normalized spacial score (nSPS) is 17.0. The van der Waals surface area contributed by atoms with Gasteiger partial charge in [-0.2, -0.15) is 0 Å². The summed E-state index contributed by atoms with van der Waals surface area (Å²) in [5.41, 5.74) is 1.04. The second-order valence-corrected chi connectivity index (χ2v) is 3.67. The van der Waals surface area contributed by atoms with Crippen LogP contribution in [-0.2, 0) is 11.3 Å². The zero-order valence-corrected chi connectivity index (χ0v) is 8.77. The zero-order valence-electron chi connectivity index (χ0n) is 8.77. The Bertz CT molecular complexity index is 365. The molecule has 15 heavy (non-hydrogen) atoms. The van der Waals surface area contributed by atoms with E-state index in [0.29, 0.717) is 24.6 Å². The number of rotatable bonds is 3. The van der Waals surface area contributed by atoms with Gasteiger partial charge in [0.15, 0.2) is 0 Å². The highest BCUT2D eigenvalue weighted by atomic mass is 16.5. The van der Waals surface area contributed by atoms with Gasteiger partial charge in [-0.15, -0.1) is 0 Å². The van der Waals surface area contributed by atoms with E-state index in [-0.39, 0.29) is 0 Å². The third-order valence-corrected chi connectivity index (χ3v) is 2.54. The van der Waals surface area contributed by atoms with Gasteiger partial charge in [0, 0.05) is 31.3 Å². The summed E-state index contributed by atoms with van der Waals surface area (Å²) in [7, 11) is 1.61. The van der Waals surface area contributed by atoms with Crippen LogP contribution in [0.1, 0.15) is 12.0 Å². The lowest BCUT2D eigenvalue weighted by Crippen LogP contribution is -2.20. The minimum atomic E-state index is 0.317. The topological polar surface area (TPSA) is 42.4 Å². The molecule has 0 N–H and O–H groups in total. The predicted molar refractivity (Wildman–Crippen MR) is 55.7 cm³/mol.